The number of carbonyl (C=O) groups excluding carboxylic acids is 2. The van der Waals surface area contributed by atoms with E-state index in [9.17, 15) is 9.59 Å². The average Bonchev–Trinajstić information content (AvgIpc) is 2.94. The van der Waals surface area contributed by atoms with E-state index in [1.165, 1.54) is 4.90 Å². The molecule has 0 spiro atoms. The quantitative estimate of drug-likeness (QED) is 0.518. The van der Waals surface area contributed by atoms with Crippen LogP contribution in [0.5, 0.6) is 0 Å². The van der Waals surface area contributed by atoms with Crippen LogP contribution < -0.4 is 10.2 Å². The summed E-state index contributed by atoms with van der Waals surface area (Å²) < 4.78 is 0. The molecule has 0 aromatic heterocycles. The van der Waals surface area contributed by atoms with Gasteiger partial charge in [0.25, 0.3) is 11.8 Å². The molecule has 2 amide bonds. The Labute approximate surface area is 187 Å². The van der Waals surface area contributed by atoms with Gasteiger partial charge in [-0.05, 0) is 80.3 Å². The minimum Gasteiger partial charge on any atom is -0.350 e. The number of hydrogen-bond acceptors (Lipinski definition) is 3. The smallest absolute Gasteiger partial charge is 0.282 e. The van der Waals surface area contributed by atoms with Gasteiger partial charge in [0, 0.05) is 10.7 Å². The van der Waals surface area contributed by atoms with Gasteiger partial charge >= 0.3 is 0 Å². The van der Waals surface area contributed by atoms with Gasteiger partial charge in [-0.15, -0.1) is 0 Å². The summed E-state index contributed by atoms with van der Waals surface area (Å²) in [5.74, 6) is -0.711. The van der Waals surface area contributed by atoms with Crippen molar-refractivity contribution >= 4 is 40.4 Å². The van der Waals surface area contributed by atoms with Crippen LogP contribution >= 0.6 is 11.6 Å². The number of anilines is 2. The SMILES string of the molecule is Cc1cccc(N2C(=O)C(Nc3ccc(Cl)cc3C)=C(c3ccc(C)cc3C)C2=O)c1. The first-order chi connectivity index (χ1) is 14.8. The number of rotatable bonds is 4. The molecule has 0 unspecified atom stereocenters. The summed E-state index contributed by atoms with van der Waals surface area (Å²) in [7, 11) is 0. The van der Waals surface area contributed by atoms with Crippen molar-refractivity contribution in [2.24, 2.45) is 0 Å². The second-order valence-corrected chi connectivity index (χ2v) is 8.37. The summed E-state index contributed by atoms with van der Waals surface area (Å²) in [6.45, 7) is 7.80. The number of amides is 2. The monoisotopic (exact) mass is 430 g/mol. The fourth-order valence-corrected chi connectivity index (χ4v) is 4.12. The van der Waals surface area contributed by atoms with Crippen LogP contribution in [0.15, 0.2) is 66.4 Å². The maximum absolute atomic E-state index is 13.6. The molecule has 0 atom stereocenters. The summed E-state index contributed by atoms with van der Waals surface area (Å²) >= 11 is 6.09. The van der Waals surface area contributed by atoms with Crippen LogP contribution in [-0.2, 0) is 9.59 Å². The number of hydrogen-bond donors (Lipinski definition) is 1. The van der Waals surface area contributed by atoms with Gasteiger partial charge in [-0.25, -0.2) is 4.90 Å². The largest absolute Gasteiger partial charge is 0.350 e. The van der Waals surface area contributed by atoms with Crippen molar-refractivity contribution in [2.75, 3.05) is 10.2 Å². The molecule has 0 saturated heterocycles. The first-order valence-electron chi connectivity index (χ1n) is 10.1. The van der Waals surface area contributed by atoms with Crippen molar-refractivity contribution in [1.82, 2.24) is 0 Å². The molecule has 0 aliphatic carbocycles. The highest BCUT2D eigenvalue weighted by atomic mass is 35.5. The standard InChI is InChI=1S/C26H23ClN2O2/c1-15-6-5-7-20(13-15)29-25(30)23(21-10-8-16(2)12-17(21)3)24(26(29)31)28-22-11-9-19(27)14-18(22)4/h5-14,28H,1-4H3. The first kappa shape index (κ1) is 20.9. The lowest BCUT2D eigenvalue weighted by atomic mass is 9.97. The van der Waals surface area contributed by atoms with E-state index in [0.717, 1.165) is 33.5 Å². The molecule has 0 saturated carbocycles. The molecule has 0 radical (unpaired) electrons. The molecule has 3 aromatic carbocycles. The van der Waals surface area contributed by atoms with E-state index in [2.05, 4.69) is 5.32 Å². The lowest BCUT2D eigenvalue weighted by molar-refractivity contribution is -0.120. The van der Waals surface area contributed by atoms with Gasteiger partial charge in [0.15, 0.2) is 0 Å². The van der Waals surface area contributed by atoms with Crippen molar-refractivity contribution in [3.05, 3.63) is 99.2 Å². The Morgan fingerprint density at radius 2 is 1.52 bits per heavy atom. The van der Waals surface area contributed by atoms with E-state index in [1.54, 1.807) is 12.1 Å². The molecule has 0 bridgehead atoms. The zero-order valence-corrected chi connectivity index (χ0v) is 18.7. The Kier molecular flexibility index (Phi) is 5.42. The summed E-state index contributed by atoms with van der Waals surface area (Å²) in [5.41, 5.74) is 6.56. The highest BCUT2D eigenvalue weighted by Gasteiger charge is 2.40. The number of nitrogens with one attached hydrogen (secondary N) is 1. The van der Waals surface area contributed by atoms with Gasteiger partial charge in [0.1, 0.15) is 5.70 Å². The number of halogens is 1. The van der Waals surface area contributed by atoms with Crippen LogP contribution in [0.3, 0.4) is 0 Å². The lowest BCUT2D eigenvalue weighted by Crippen LogP contribution is -2.32. The van der Waals surface area contributed by atoms with E-state index in [1.807, 2.05) is 76.2 Å². The summed E-state index contributed by atoms with van der Waals surface area (Å²) in [4.78, 5) is 28.4. The third kappa shape index (κ3) is 3.87. The molecule has 156 valence electrons. The van der Waals surface area contributed by atoms with Crippen LogP contribution in [0.2, 0.25) is 5.02 Å². The topological polar surface area (TPSA) is 49.4 Å². The molecule has 1 aliphatic rings. The Morgan fingerprint density at radius 1 is 0.774 bits per heavy atom. The lowest BCUT2D eigenvalue weighted by Gasteiger charge is -2.16. The van der Waals surface area contributed by atoms with Crippen molar-refractivity contribution in [1.29, 1.82) is 0 Å². The van der Waals surface area contributed by atoms with Crippen LogP contribution in [0.4, 0.5) is 11.4 Å². The summed E-state index contributed by atoms with van der Waals surface area (Å²) in [6, 6.07) is 18.7. The van der Waals surface area contributed by atoms with Gasteiger partial charge < -0.3 is 5.32 Å². The van der Waals surface area contributed by atoms with E-state index in [0.29, 0.717) is 16.3 Å². The molecule has 4 rings (SSSR count). The van der Waals surface area contributed by atoms with Gasteiger partial charge in [-0.3, -0.25) is 9.59 Å². The second-order valence-electron chi connectivity index (χ2n) is 7.94. The highest BCUT2D eigenvalue weighted by molar-refractivity contribution is 6.46. The molecular weight excluding hydrogens is 408 g/mol. The fourth-order valence-electron chi connectivity index (χ4n) is 3.89. The third-order valence-corrected chi connectivity index (χ3v) is 5.68. The van der Waals surface area contributed by atoms with Crippen LogP contribution in [-0.4, -0.2) is 11.8 Å². The number of imide groups is 1. The second kappa shape index (κ2) is 8.05. The average molecular weight is 431 g/mol. The van der Waals surface area contributed by atoms with Gasteiger partial charge in [0.2, 0.25) is 0 Å². The predicted molar refractivity (Wildman–Crippen MR) is 126 cm³/mol. The molecule has 0 fully saturated rings. The van der Waals surface area contributed by atoms with E-state index >= 15 is 0 Å². The molecular formula is C26H23ClN2O2. The maximum atomic E-state index is 13.6. The van der Waals surface area contributed by atoms with Crippen molar-refractivity contribution in [2.45, 2.75) is 27.7 Å². The molecule has 5 heteroatoms. The fraction of sp³-hybridized carbons (Fsp3) is 0.154. The number of nitrogens with zero attached hydrogens (tertiary/aromatic N) is 1. The van der Waals surface area contributed by atoms with E-state index in [-0.39, 0.29) is 17.5 Å². The van der Waals surface area contributed by atoms with E-state index in [4.69, 9.17) is 11.6 Å². The zero-order chi connectivity index (χ0) is 22.3. The number of aryl methyl sites for hydroxylation is 4. The molecule has 1 heterocycles. The molecule has 1 N–H and O–H groups in total. The van der Waals surface area contributed by atoms with Crippen LogP contribution in [0, 0.1) is 27.7 Å². The highest BCUT2D eigenvalue weighted by Crippen LogP contribution is 2.36. The molecule has 4 nitrogen and oxygen atoms in total. The first-order valence-corrected chi connectivity index (χ1v) is 10.4. The van der Waals surface area contributed by atoms with Crippen molar-refractivity contribution < 1.29 is 9.59 Å². The number of carbonyl (C=O) groups is 2. The van der Waals surface area contributed by atoms with Gasteiger partial charge in [-0.2, -0.15) is 0 Å². The maximum Gasteiger partial charge on any atom is 0.282 e. The summed E-state index contributed by atoms with van der Waals surface area (Å²) in [5, 5.41) is 3.84. The minimum absolute atomic E-state index is 0.267. The van der Waals surface area contributed by atoms with Crippen LogP contribution in [0.1, 0.15) is 27.8 Å². The van der Waals surface area contributed by atoms with Gasteiger partial charge in [-0.1, -0.05) is 47.5 Å². The Bertz CT molecular complexity index is 1260. The third-order valence-electron chi connectivity index (χ3n) is 5.44. The molecule has 3 aromatic rings. The normalized spacial score (nSPS) is 13.9. The Hall–Kier alpha value is -3.37. The minimum atomic E-state index is -0.375. The van der Waals surface area contributed by atoms with E-state index < -0.39 is 0 Å². The Morgan fingerprint density at radius 3 is 2.19 bits per heavy atom. The van der Waals surface area contributed by atoms with Crippen molar-refractivity contribution in [3.63, 3.8) is 0 Å². The number of benzene rings is 3. The van der Waals surface area contributed by atoms with Crippen molar-refractivity contribution in [3.8, 4) is 0 Å². The Balaban J connectivity index is 1.88. The van der Waals surface area contributed by atoms with Gasteiger partial charge in [0.05, 0.1) is 11.3 Å². The summed E-state index contributed by atoms with van der Waals surface area (Å²) in [6.07, 6.45) is 0. The molecule has 1 aliphatic heterocycles. The zero-order valence-electron chi connectivity index (χ0n) is 17.9. The van der Waals surface area contributed by atoms with Crippen LogP contribution in [0.25, 0.3) is 5.57 Å². The molecule has 31 heavy (non-hydrogen) atoms. The predicted octanol–water partition coefficient (Wildman–Crippen LogP) is 5.97.